The van der Waals surface area contributed by atoms with Gasteiger partial charge < -0.3 is 5.32 Å². The molecule has 1 heterocycles. The summed E-state index contributed by atoms with van der Waals surface area (Å²) < 4.78 is 0. The molecule has 1 rings (SSSR count). The summed E-state index contributed by atoms with van der Waals surface area (Å²) in [6.07, 6.45) is 8.69. The van der Waals surface area contributed by atoms with Gasteiger partial charge in [-0.2, -0.15) is 0 Å². The van der Waals surface area contributed by atoms with Crippen LogP contribution in [0.25, 0.3) is 0 Å². The molecular weight excluding hydrogens is 254 g/mol. The minimum atomic E-state index is 0.777. The molecule has 0 radical (unpaired) electrons. The van der Waals surface area contributed by atoms with Crippen molar-refractivity contribution in [1.82, 2.24) is 15.3 Å². The van der Waals surface area contributed by atoms with Crippen LogP contribution in [-0.2, 0) is 6.54 Å². The van der Waals surface area contributed by atoms with Crippen LogP contribution in [0.2, 0.25) is 0 Å². The monoisotopic (exact) mass is 271 g/mol. The highest BCUT2D eigenvalue weighted by atomic mass is 79.9. The quantitative estimate of drug-likeness (QED) is 0.583. The van der Waals surface area contributed by atoms with Gasteiger partial charge in [-0.15, -0.1) is 0 Å². The van der Waals surface area contributed by atoms with Crippen LogP contribution >= 0.6 is 15.9 Å². The Kier molecular flexibility index (Phi) is 7.38. The molecule has 1 aromatic heterocycles. The lowest BCUT2D eigenvalue weighted by Crippen LogP contribution is -2.16. The van der Waals surface area contributed by atoms with Crippen molar-refractivity contribution >= 4 is 15.9 Å². The Morgan fingerprint density at radius 1 is 1.07 bits per heavy atom. The largest absolute Gasteiger partial charge is 0.310 e. The molecule has 0 aliphatic heterocycles. The first-order valence-corrected chi connectivity index (χ1v) is 6.58. The third-order valence-electron chi connectivity index (χ3n) is 2.14. The number of hydrogen-bond acceptors (Lipinski definition) is 3. The standard InChI is InChI=1S/C11H18BrN3/c12-6-3-1-2-4-7-13-10-11-14-8-5-9-15-11/h5,8-9,13H,1-4,6-7,10H2. The third kappa shape index (κ3) is 6.57. The van der Waals surface area contributed by atoms with Gasteiger partial charge in [0.15, 0.2) is 0 Å². The lowest BCUT2D eigenvalue weighted by molar-refractivity contribution is 0.589. The highest BCUT2D eigenvalue weighted by molar-refractivity contribution is 9.09. The number of aromatic nitrogens is 2. The second-order valence-corrected chi connectivity index (χ2v) is 4.24. The highest BCUT2D eigenvalue weighted by Gasteiger charge is 1.93. The van der Waals surface area contributed by atoms with Gasteiger partial charge in [-0.3, -0.25) is 0 Å². The van der Waals surface area contributed by atoms with Crippen LogP contribution in [0.15, 0.2) is 18.5 Å². The predicted molar refractivity (Wildman–Crippen MR) is 66.0 cm³/mol. The van der Waals surface area contributed by atoms with Gasteiger partial charge in [0, 0.05) is 17.7 Å². The van der Waals surface area contributed by atoms with Crippen LogP contribution in [-0.4, -0.2) is 21.8 Å². The molecule has 0 aliphatic carbocycles. The molecule has 3 nitrogen and oxygen atoms in total. The predicted octanol–water partition coefficient (Wildman–Crippen LogP) is 2.52. The zero-order valence-corrected chi connectivity index (χ0v) is 10.5. The fourth-order valence-corrected chi connectivity index (χ4v) is 1.72. The van der Waals surface area contributed by atoms with Crippen molar-refractivity contribution in [3.8, 4) is 0 Å². The summed E-state index contributed by atoms with van der Waals surface area (Å²) in [7, 11) is 0. The van der Waals surface area contributed by atoms with E-state index in [2.05, 4.69) is 31.2 Å². The van der Waals surface area contributed by atoms with Crippen molar-refractivity contribution in [1.29, 1.82) is 0 Å². The van der Waals surface area contributed by atoms with Crippen molar-refractivity contribution in [3.05, 3.63) is 24.3 Å². The maximum absolute atomic E-state index is 4.15. The molecule has 0 bridgehead atoms. The molecule has 0 aromatic carbocycles. The lowest BCUT2D eigenvalue weighted by atomic mass is 10.2. The second kappa shape index (κ2) is 8.80. The van der Waals surface area contributed by atoms with Crippen LogP contribution in [0, 0.1) is 0 Å². The first-order valence-electron chi connectivity index (χ1n) is 5.46. The number of rotatable bonds is 8. The average Bonchev–Trinajstić information content (AvgIpc) is 2.29. The number of unbranched alkanes of at least 4 members (excludes halogenated alkanes) is 3. The second-order valence-electron chi connectivity index (χ2n) is 3.44. The summed E-state index contributed by atoms with van der Waals surface area (Å²) in [5, 5.41) is 4.47. The van der Waals surface area contributed by atoms with Crippen LogP contribution in [0.5, 0.6) is 0 Å². The van der Waals surface area contributed by atoms with E-state index in [-0.39, 0.29) is 0 Å². The van der Waals surface area contributed by atoms with Gasteiger partial charge in [-0.05, 0) is 25.5 Å². The molecule has 4 heteroatoms. The molecule has 84 valence electrons. The first kappa shape index (κ1) is 12.6. The lowest BCUT2D eigenvalue weighted by Gasteiger charge is -2.02. The molecule has 0 saturated heterocycles. The third-order valence-corrected chi connectivity index (χ3v) is 2.70. The Balaban J connectivity index is 1.93. The molecule has 0 unspecified atom stereocenters. The van der Waals surface area contributed by atoms with Gasteiger partial charge in [0.25, 0.3) is 0 Å². The van der Waals surface area contributed by atoms with E-state index in [1.54, 1.807) is 12.4 Å². The summed E-state index contributed by atoms with van der Waals surface area (Å²) in [6.45, 7) is 1.83. The number of nitrogens with zero attached hydrogens (tertiary/aromatic N) is 2. The summed E-state index contributed by atoms with van der Waals surface area (Å²) >= 11 is 3.43. The van der Waals surface area contributed by atoms with Gasteiger partial charge in [-0.25, -0.2) is 9.97 Å². The van der Waals surface area contributed by atoms with E-state index in [0.717, 1.165) is 24.2 Å². The average molecular weight is 272 g/mol. The van der Waals surface area contributed by atoms with Gasteiger partial charge in [0.1, 0.15) is 5.82 Å². The molecule has 15 heavy (non-hydrogen) atoms. The van der Waals surface area contributed by atoms with Crippen molar-refractivity contribution < 1.29 is 0 Å². The number of alkyl halides is 1. The van der Waals surface area contributed by atoms with Crippen molar-refractivity contribution in [3.63, 3.8) is 0 Å². The van der Waals surface area contributed by atoms with Crippen LogP contribution < -0.4 is 5.32 Å². The molecule has 0 saturated carbocycles. The SMILES string of the molecule is BrCCCCCCNCc1ncccn1. The maximum atomic E-state index is 4.15. The molecule has 0 spiro atoms. The highest BCUT2D eigenvalue weighted by Crippen LogP contribution is 2.00. The number of hydrogen-bond donors (Lipinski definition) is 1. The van der Waals surface area contributed by atoms with Gasteiger partial charge in [0.2, 0.25) is 0 Å². The minimum absolute atomic E-state index is 0.777. The normalized spacial score (nSPS) is 10.5. The number of halogens is 1. The zero-order valence-electron chi connectivity index (χ0n) is 8.95. The van der Waals surface area contributed by atoms with E-state index in [9.17, 15) is 0 Å². The molecule has 0 atom stereocenters. The first-order chi connectivity index (χ1) is 7.43. The summed E-state index contributed by atoms with van der Waals surface area (Å²) in [5.74, 6) is 0.873. The summed E-state index contributed by atoms with van der Waals surface area (Å²) in [5.41, 5.74) is 0. The molecule has 0 aliphatic rings. The smallest absolute Gasteiger partial charge is 0.141 e. The molecule has 1 N–H and O–H groups in total. The summed E-state index contributed by atoms with van der Waals surface area (Å²) in [4.78, 5) is 8.29. The molecule has 1 aromatic rings. The van der Waals surface area contributed by atoms with E-state index in [0.29, 0.717) is 0 Å². The topological polar surface area (TPSA) is 37.8 Å². The van der Waals surface area contributed by atoms with Crippen molar-refractivity contribution in [2.75, 3.05) is 11.9 Å². The van der Waals surface area contributed by atoms with Gasteiger partial charge in [-0.1, -0.05) is 28.8 Å². The van der Waals surface area contributed by atoms with Crippen molar-refractivity contribution in [2.45, 2.75) is 32.2 Å². The van der Waals surface area contributed by atoms with Crippen LogP contribution in [0.4, 0.5) is 0 Å². The fourth-order valence-electron chi connectivity index (χ4n) is 1.32. The van der Waals surface area contributed by atoms with Gasteiger partial charge >= 0.3 is 0 Å². The summed E-state index contributed by atoms with van der Waals surface area (Å²) in [6, 6.07) is 1.84. The number of nitrogens with one attached hydrogen (secondary N) is 1. The van der Waals surface area contributed by atoms with Gasteiger partial charge in [0.05, 0.1) is 6.54 Å². The van der Waals surface area contributed by atoms with E-state index >= 15 is 0 Å². The van der Waals surface area contributed by atoms with E-state index in [1.807, 2.05) is 6.07 Å². The Hall–Kier alpha value is -0.480. The van der Waals surface area contributed by atoms with Crippen LogP contribution in [0.1, 0.15) is 31.5 Å². The fraction of sp³-hybridized carbons (Fsp3) is 0.636. The van der Waals surface area contributed by atoms with E-state index in [1.165, 1.54) is 25.7 Å². The van der Waals surface area contributed by atoms with E-state index in [4.69, 9.17) is 0 Å². The maximum Gasteiger partial charge on any atom is 0.141 e. The van der Waals surface area contributed by atoms with Crippen LogP contribution in [0.3, 0.4) is 0 Å². The molecule has 0 fully saturated rings. The van der Waals surface area contributed by atoms with E-state index < -0.39 is 0 Å². The molecular formula is C11H18BrN3. The minimum Gasteiger partial charge on any atom is -0.310 e. The Morgan fingerprint density at radius 2 is 1.80 bits per heavy atom. The van der Waals surface area contributed by atoms with Crippen molar-refractivity contribution in [2.24, 2.45) is 0 Å². The Bertz CT molecular complexity index is 241. The molecule has 0 amide bonds. The Morgan fingerprint density at radius 3 is 2.53 bits per heavy atom. The Labute approximate surface area is 99.8 Å². The zero-order chi connectivity index (χ0) is 10.8.